The van der Waals surface area contributed by atoms with Gasteiger partial charge in [-0.3, -0.25) is 14.9 Å². The molecule has 0 bridgehead atoms. The summed E-state index contributed by atoms with van der Waals surface area (Å²) in [6.45, 7) is 0.207. The van der Waals surface area contributed by atoms with Gasteiger partial charge in [0.2, 0.25) is 0 Å². The van der Waals surface area contributed by atoms with E-state index in [0.29, 0.717) is 16.9 Å². The summed E-state index contributed by atoms with van der Waals surface area (Å²) in [4.78, 5) is 26.3. The number of nitrogens with one attached hydrogen (secondary N) is 2. The third kappa shape index (κ3) is 3.33. The van der Waals surface area contributed by atoms with Crippen molar-refractivity contribution >= 4 is 17.4 Å². The van der Waals surface area contributed by atoms with E-state index in [1.165, 1.54) is 13.1 Å². The highest BCUT2D eigenvalue weighted by atomic mass is 16.6. The Bertz CT molecular complexity index is 673. The van der Waals surface area contributed by atoms with Gasteiger partial charge in [0.25, 0.3) is 11.6 Å². The standard InChI is InChI=1S/C14H14N4O3/c1-15-14(19)11-6-4-8-16-13(11)17-9-10-5-2-3-7-12(10)18(20)21/h2-8H,9H2,1H3,(H,15,19)(H,16,17). The number of hydrogen-bond acceptors (Lipinski definition) is 5. The van der Waals surface area contributed by atoms with Gasteiger partial charge in [-0.2, -0.15) is 0 Å². The van der Waals surface area contributed by atoms with Crippen molar-refractivity contribution in [3.8, 4) is 0 Å². The molecule has 0 radical (unpaired) electrons. The lowest BCUT2D eigenvalue weighted by Crippen LogP contribution is -2.20. The van der Waals surface area contributed by atoms with Crippen LogP contribution in [0.15, 0.2) is 42.6 Å². The molecular weight excluding hydrogens is 272 g/mol. The van der Waals surface area contributed by atoms with E-state index in [2.05, 4.69) is 15.6 Å². The second kappa shape index (κ2) is 6.47. The number of nitro benzene ring substituents is 1. The average Bonchev–Trinajstić information content (AvgIpc) is 2.52. The zero-order valence-electron chi connectivity index (χ0n) is 11.4. The number of amides is 1. The molecular formula is C14H14N4O3. The van der Waals surface area contributed by atoms with E-state index < -0.39 is 4.92 Å². The summed E-state index contributed by atoms with van der Waals surface area (Å²) >= 11 is 0. The number of nitro groups is 1. The lowest BCUT2D eigenvalue weighted by atomic mass is 10.1. The number of carbonyl (C=O) groups is 1. The van der Waals surface area contributed by atoms with Crippen LogP contribution >= 0.6 is 0 Å². The molecule has 0 spiro atoms. The number of carbonyl (C=O) groups excluding carboxylic acids is 1. The van der Waals surface area contributed by atoms with Crippen LogP contribution in [0.5, 0.6) is 0 Å². The lowest BCUT2D eigenvalue weighted by Gasteiger charge is -2.10. The number of rotatable bonds is 5. The Balaban J connectivity index is 2.21. The van der Waals surface area contributed by atoms with Crippen LogP contribution in [-0.2, 0) is 6.54 Å². The maximum Gasteiger partial charge on any atom is 0.274 e. The summed E-state index contributed by atoms with van der Waals surface area (Å²) in [5.74, 6) is 0.114. The summed E-state index contributed by atoms with van der Waals surface area (Å²) in [5, 5.41) is 16.4. The second-order valence-corrected chi connectivity index (χ2v) is 4.22. The number of para-hydroxylation sites is 1. The topological polar surface area (TPSA) is 97.2 Å². The van der Waals surface area contributed by atoms with E-state index in [0.717, 1.165) is 0 Å². The lowest BCUT2D eigenvalue weighted by molar-refractivity contribution is -0.385. The summed E-state index contributed by atoms with van der Waals surface area (Å²) < 4.78 is 0. The highest BCUT2D eigenvalue weighted by molar-refractivity contribution is 5.98. The van der Waals surface area contributed by atoms with E-state index in [1.807, 2.05) is 0 Å². The number of hydrogen-bond donors (Lipinski definition) is 2. The van der Waals surface area contributed by atoms with Crippen molar-refractivity contribution in [2.75, 3.05) is 12.4 Å². The maximum atomic E-state index is 11.7. The van der Waals surface area contributed by atoms with Gasteiger partial charge in [0.05, 0.1) is 10.5 Å². The molecule has 7 nitrogen and oxygen atoms in total. The molecule has 1 amide bonds. The third-order valence-electron chi connectivity index (χ3n) is 2.91. The van der Waals surface area contributed by atoms with E-state index in [1.54, 1.807) is 36.5 Å². The van der Waals surface area contributed by atoms with Crippen LogP contribution in [0.2, 0.25) is 0 Å². The molecule has 0 fully saturated rings. The van der Waals surface area contributed by atoms with Crippen molar-refractivity contribution in [3.05, 3.63) is 63.8 Å². The average molecular weight is 286 g/mol. The highest BCUT2D eigenvalue weighted by Gasteiger charge is 2.14. The first-order valence-electron chi connectivity index (χ1n) is 6.26. The Morgan fingerprint density at radius 3 is 2.76 bits per heavy atom. The molecule has 0 aliphatic rings. The van der Waals surface area contributed by atoms with Crippen LogP contribution in [0.1, 0.15) is 15.9 Å². The molecule has 1 aromatic carbocycles. The van der Waals surface area contributed by atoms with Gasteiger partial charge in [-0.25, -0.2) is 4.98 Å². The van der Waals surface area contributed by atoms with Crippen molar-refractivity contribution in [3.63, 3.8) is 0 Å². The molecule has 1 heterocycles. The normalized spacial score (nSPS) is 9.95. The van der Waals surface area contributed by atoms with Gasteiger partial charge in [0.15, 0.2) is 0 Å². The molecule has 0 saturated carbocycles. The first kappa shape index (κ1) is 14.4. The number of benzene rings is 1. The quantitative estimate of drug-likeness (QED) is 0.647. The predicted molar refractivity (Wildman–Crippen MR) is 78.1 cm³/mol. The Hall–Kier alpha value is -2.96. The van der Waals surface area contributed by atoms with E-state index in [4.69, 9.17) is 0 Å². The van der Waals surface area contributed by atoms with Crippen molar-refractivity contribution in [1.29, 1.82) is 0 Å². The Morgan fingerprint density at radius 2 is 2.05 bits per heavy atom. The molecule has 0 unspecified atom stereocenters. The number of nitrogens with zero attached hydrogens (tertiary/aromatic N) is 2. The molecule has 2 N–H and O–H groups in total. The van der Waals surface area contributed by atoms with E-state index >= 15 is 0 Å². The SMILES string of the molecule is CNC(=O)c1cccnc1NCc1ccccc1[N+](=O)[O-]. The fraction of sp³-hybridized carbons (Fsp3) is 0.143. The van der Waals surface area contributed by atoms with Crippen molar-refractivity contribution < 1.29 is 9.72 Å². The van der Waals surface area contributed by atoms with Crippen LogP contribution in [-0.4, -0.2) is 22.9 Å². The van der Waals surface area contributed by atoms with Gasteiger partial charge in [0.1, 0.15) is 5.82 Å². The van der Waals surface area contributed by atoms with E-state index in [9.17, 15) is 14.9 Å². The zero-order valence-corrected chi connectivity index (χ0v) is 11.4. The van der Waals surface area contributed by atoms with Gasteiger partial charge in [-0.05, 0) is 12.1 Å². The number of aromatic nitrogens is 1. The summed E-state index contributed by atoms with van der Waals surface area (Å²) in [7, 11) is 1.53. The molecule has 108 valence electrons. The fourth-order valence-corrected chi connectivity index (χ4v) is 1.88. The number of anilines is 1. The predicted octanol–water partition coefficient (Wildman–Crippen LogP) is 1.96. The van der Waals surface area contributed by atoms with Crippen molar-refractivity contribution in [1.82, 2.24) is 10.3 Å². The van der Waals surface area contributed by atoms with Gasteiger partial charge in [0, 0.05) is 31.4 Å². The van der Waals surface area contributed by atoms with Gasteiger partial charge in [-0.15, -0.1) is 0 Å². The van der Waals surface area contributed by atoms with E-state index in [-0.39, 0.29) is 18.1 Å². The first-order chi connectivity index (χ1) is 10.1. The second-order valence-electron chi connectivity index (χ2n) is 4.22. The monoisotopic (exact) mass is 286 g/mol. The molecule has 7 heteroatoms. The molecule has 1 aromatic heterocycles. The first-order valence-corrected chi connectivity index (χ1v) is 6.26. The smallest absolute Gasteiger partial charge is 0.274 e. The molecule has 0 saturated heterocycles. The van der Waals surface area contributed by atoms with Crippen LogP contribution < -0.4 is 10.6 Å². The van der Waals surface area contributed by atoms with Gasteiger partial charge >= 0.3 is 0 Å². The number of pyridine rings is 1. The minimum absolute atomic E-state index is 0.0300. The molecule has 0 aliphatic carbocycles. The van der Waals surface area contributed by atoms with Crippen molar-refractivity contribution in [2.24, 2.45) is 0 Å². The van der Waals surface area contributed by atoms with Gasteiger partial charge in [-0.1, -0.05) is 18.2 Å². The Morgan fingerprint density at radius 1 is 1.29 bits per heavy atom. The molecule has 0 atom stereocenters. The Kier molecular flexibility index (Phi) is 4.45. The van der Waals surface area contributed by atoms with Crippen LogP contribution in [0.3, 0.4) is 0 Å². The Labute approximate surface area is 121 Å². The molecule has 0 aliphatic heterocycles. The largest absolute Gasteiger partial charge is 0.365 e. The van der Waals surface area contributed by atoms with Crippen LogP contribution in [0.4, 0.5) is 11.5 Å². The molecule has 2 rings (SSSR count). The minimum Gasteiger partial charge on any atom is -0.365 e. The fourth-order valence-electron chi connectivity index (χ4n) is 1.88. The maximum absolute atomic E-state index is 11.7. The zero-order chi connectivity index (χ0) is 15.2. The van der Waals surface area contributed by atoms with Gasteiger partial charge < -0.3 is 10.6 Å². The molecule has 2 aromatic rings. The highest BCUT2D eigenvalue weighted by Crippen LogP contribution is 2.19. The van der Waals surface area contributed by atoms with Crippen molar-refractivity contribution in [2.45, 2.75) is 6.54 Å². The summed E-state index contributed by atoms with van der Waals surface area (Å²) in [5.41, 5.74) is 0.942. The van der Waals surface area contributed by atoms with Crippen LogP contribution in [0, 0.1) is 10.1 Å². The minimum atomic E-state index is -0.435. The van der Waals surface area contributed by atoms with Crippen LogP contribution in [0.25, 0.3) is 0 Å². The molecule has 21 heavy (non-hydrogen) atoms. The third-order valence-corrected chi connectivity index (χ3v) is 2.91. The summed E-state index contributed by atoms with van der Waals surface area (Å²) in [6.07, 6.45) is 1.55. The summed E-state index contributed by atoms with van der Waals surface area (Å²) in [6, 6.07) is 9.72.